The van der Waals surface area contributed by atoms with Gasteiger partial charge in [0.05, 0.1) is 0 Å². The summed E-state index contributed by atoms with van der Waals surface area (Å²) < 4.78 is 10.7. The van der Waals surface area contributed by atoms with Crippen LogP contribution in [-0.4, -0.2) is 25.4 Å². The van der Waals surface area contributed by atoms with E-state index in [0.29, 0.717) is 31.3 Å². The highest BCUT2D eigenvalue weighted by atomic mass is 16.6. The first-order valence-electron chi connectivity index (χ1n) is 4.91. The van der Waals surface area contributed by atoms with Crippen molar-refractivity contribution in [3.05, 3.63) is 23.8 Å². The second kappa shape index (κ2) is 4.65. The van der Waals surface area contributed by atoms with Crippen molar-refractivity contribution >= 4 is 12.2 Å². The molecular formula is C11H11NO4. The van der Waals surface area contributed by atoms with Crippen molar-refractivity contribution in [2.75, 3.05) is 13.2 Å². The van der Waals surface area contributed by atoms with E-state index in [1.54, 1.807) is 12.1 Å². The minimum atomic E-state index is -0.630. The number of hydrogen-bond acceptors (Lipinski definition) is 4. The van der Waals surface area contributed by atoms with Gasteiger partial charge in [0.2, 0.25) is 6.29 Å². The number of rotatable bonds is 3. The van der Waals surface area contributed by atoms with Gasteiger partial charge in [0.25, 0.3) is 5.91 Å². The van der Waals surface area contributed by atoms with Gasteiger partial charge in [-0.25, -0.2) is 0 Å². The highest BCUT2D eigenvalue weighted by Gasteiger charge is 2.11. The van der Waals surface area contributed by atoms with Gasteiger partial charge >= 0.3 is 0 Å². The maximum atomic E-state index is 10.7. The summed E-state index contributed by atoms with van der Waals surface area (Å²) in [6.45, 7) is 1.37. The summed E-state index contributed by atoms with van der Waals surface area (Å²) in [7, 11) is 0. The first kappa shape index (κ1) is 10.5. The average molecular weight is 221 g/mol. The molecule has 0 saturated carbocycles. The van der Waals surface area contributed by atoms with Gasteiger partial charge in [-0.15, -0.1) is 0 Å². The molecule has 0 aromatic heterocycles. The molecule has 2 rings (SSSR count). The van der Waals surface area contributed by atoms with Crippen molar-refractivity contribution in [2.45, 2.75) is 6.54 Å². The summed E-state index contributed by atoms with van der Waals surface area (Å²) in [5.41, 5.74) is 0.861. The molecule has 16 heavy (non-hydrogen) atoms. The van der Waals surface area contributed by atoms with Gasteiger partial charge in [-0.3, -0.25) is 9.59 Å². The lowest BCUT2D eigenvalue weighted by Crippen LogP contribution is -2.23. The summed E-state index contributed by atoms with van der Waals surface area (Å²) >= 11 is 0. The van der Waals surface area contributed by atoms with Crippen molar-refractivity contribution in [3.63, 3.8) is 0 Å². The van der Waals surface area contributed by atoms with Crippen molar-refractivity contribution in [2.24, 2.45) is 0 Å². The Morgan fingerprint density at radius 1 is 1.31 bits per heavy atom. The Bertz CT molecular complexity index is 416. The van der Waals surface area contributed by atoms with Crippen molar-refractivity contribution in [1.82, 2.24) is 5.32 Å². The lowest BCUT2D eigenvalue weighted by atomic mass is 10.2. The van der Waals surface area contributed by atoms with Crippen LogP contribution in [0.3, 0.4) is 0 Å². The molecule has 0 bridgehead atoms. The van der Waals surface area contributed by atoms with Gasteiger partial charge in [-0.05, 0) is 17.7 Å². The van der Waals surface area contributed by atoms with Crippen LogP contribution < -0.4 is 14.8 Å². The third-order valence-corrected chi connectivity index (χ3v) is 2.18. The van der Waals surface area contributed by atoms with Crippen LogP contribution in [0.4, 0.5) is 0 Å². The SMILES string of the molecule is O=CC(=O)NCc1ccc2c(c1)OCCO2. The molecule has 1 aromatic carbocycles. The second-order valence-corrected chi connectivity index (χ2v) is 3.31. The fourth-order valence-electron chi connectivity index (χ4n) is 1.43. The third kappa shape index (κ3) is 2.31. The smallest absolute Gasteiger partial charge is 0.284 e. The molecular weight excluding hydrogens is 210 g/mol. The fourth-order valence-corrected chi connectivity index (χ4v) is 1.43. The molecule has 84 valence electrons. The van der Waals surface area contributed by atoms with Crippen LogP contribution in [0.2, 0.25) is 0 Å². The van der Waals surface area contributed by atoms with Crippen LogP contribution in [0.15, 0.2) is 18.2 Å². The summed E-state index contributed by atoms with van der Waals surface area (Å²) in [5, 5.41) is 2.45. The number of fused-ring (bicyclic) bond motifs is 1. The van der Waals surface area contributed by atoms with Crippen LogP contribution in [-0.2, 0) is 16.1 Å². The van der Waals surface area contributed by atoms with Gasteiger partial charge in [0.15, 0.2) is 11.5 Å². The predicted molar refractivity (Wildman–Crippen MR) is 55.3 cm³/mol. The highest BCUT2D eigenvalue weighted by Crippen LogP contribution is 2.30. The molecule has 5 heteroatoms. The molecule has 1 aliphatic heterocycles. The van der Waals surface area contributed by atoms with Crippen LogP contribution in [0, 0.1) is 0 Å². The first-order valence-corrected chi connectivity index (χ1v) is 4.91. The van der Waals surface area contributed by atoms with E-state index < -0.39 is 5.91 Å². The largest absolute Gasteiger partial charge is 0.486 e. The van der Waals surface area contributed by atoms with Gasteiger partial charge in [-0.1, -0.05) is 6.07 Å². The lowest BCUT2D eigenvalue weighted by Gasteiger charge is -2.18. The second-order valence-electron chi connectivity index (χ2n) is 3.31. The third-order valence-electron chi connectivity index (χ3n) is 2.18. The molecule has 0 fully saturated rings. The molecule has 0 radical (unpaired) electrons. The number of benzene rings is 1. The van der Waals surface area contributed by atoms with Crippen molar-refractivity contribution in [3.8, 4) is 11.5 Å². The molecule has 1 aromatic rings. The van der Waals surface area contributed by atoms with Gasteiger partial charge in [0.1, 0.15) is 13.2 Å². The monoisotopic (exact) mass is 221 g/mol. The van der Waals surface area contributed by atoms with Crippen molar-refractivity contribution < 1.29 is 19.1 Å². The lowest BCUT2D eigenvalue weighted by molar-refractivity contribution is -0.131. The van der Waals surface area contributed by atoms with E-state index in [1.807, 2.05) is 6.07 Å². The van der Waals surface area contributed by atoms with E-state index in [-0.39, 0.29) is 6.29 Å². The van der Waals surface area contributed by atoms with Crippen LogP contribution in [0.25, 0.3) is 0 Å². The van der Waals surface area contributed by atoms with E-state index in [2.05, 4.69) is 5.32 Å². The normalized spacial score (nSPS) is 13.0. The van der Waals surface area contributed by atoms with Crippen LogP contribution in [0.1, 0.15) is 5.56 Å². The molecule has 1 aliphatic rings. The Hall–Kier alpha value is -2.04. The Labute approximate surface area is 92.4 Å². The number of amides is 1. The van der Waals surface area contributed by atoms with E-state index in [4.69, 9.17) is 9.47 Å². The molecule has 5 nitrogen and oxygen atoms in total. The van der Waals surface area contributed by atoms with E-state index in [1.165, 1.54) is 0 Å². The van der Waals surface area contributed by atoms with E-state index >= 15 is 0 Å². The van der Waals surface area contributed by atoms with Gasteiger partial charge in [-0.2, -0.15) is 0 Å². The van der Waals surface area contributed by atoms with E-state index in [9.17, 15) is 9.59 Å². The minimum Gasteiger partial charge on any atom is -0.486 e. The number of nitrogens with one attached hydrogen (secondary N) is 1. The van der Waals surface area contributed by atoms with Gasteiger partial charge in [0, 0.05) is 6.54 Å². The topological polar surface area (TPSA) is 64.6 Å². The molecule has 1 heterocycles. The molecule has 1 N–H and O–H groups in total. The molecule has 0 saturated heterocycles. The molecule has 0 spiro atoms. The Kier molecular flexibility index (Phi) is 3.05. The number of carbonyl (C=O) groups excluding carboxylic acids is 2. The summed E-state index contributed by atoms with van der Waals surface area (Å²) in [5.74, 6) is 0.746. The number of aldehydes is 1. The van der Waals surface area contributed by atoms with Gasteiger partial charge < -0.3 is 14.8 Å². The van der Waals surface area contributed by atoms with Crippen molar-refractivity contribution in [1.29, 1.82) is 0 Å². The standard InChI is InChI=1S/C11H11NO4/c13-7-11(14)12-6-8-1-2-9-10(5-8)16-4-3-15-9/h1-2,5,7H,3-4,6H2,(H,12,14). The highest BCUT2D eigenvalue weighted by molar-refractivity contribution is 6.23. The first-order chi connectivity index (χ1) is 7.79. The van der Waals surface area contributed by atoms with Crippen LogP contribution in [0.5, 0.6) is 11.5 Å². The molecule has 0 aliphatic carbocycles. The Morgan fingerprint density at radius 2 is 2.06 bits per heavy atom. The van der Waals surface area contributed by atoms with E-state index in [0.717, 1.165) is 5.56 Å². The average Bonchev–Trinajstić information content (AvgIpc) is 2.35. The maximum absolute atomic E-state index is 10.7. The number of ether oxygens (including phenoxy) is 2. The summed E-state index contributed by atoms with van der Waals surface area (Å²) in [6, 6.07) is 5.40. The summed E-state index contributed by atoms with van der Waals surface area (Å²) in [6.07, 6.45) is 0.248. The quantitative estimate of drug-likeness (QED) is 0.588. The Balaban J connectivity index is 2.05. The predicted octanol–water partition coefficient (Wildman–Crippen LogP) is 0.273. The molecule has 1 amide bonds. The Morgan fingerprint density at radius 3 is 2.81 bits per heavy atom. The zero-order chi connectivity index (χ0) is 11.4. The molecule has 0 unspecified atom stereocenters. The molecule has 0 atom stereocenters. The number of carbonyl (C=O) groups is 2. The minimum absolute atomic E-state index is 0.248. The zero-order valence-electron chi connectivity index (χ0n) is 8.56. The summed E-state index contributed by atoms with van der Waals surface area (Å²) in [4.78, 5) is 20.8. The maximum Gasteiger partial charge on any atom is 0.284 e. The zero-order valence-corrected chi connectivity index (χ0v) is 8.56. The van der Waals surface area contributed by atoms with Crippen LogP contribution >= 0.6 is 0 Å². The fraction of sp³-hybridized carbons (Fsp3) is 0.273. The number of hydrogen-bond donors (Lipinski definition) is 1.